The molecule has 0 saturated carbocycles. The predicted octanol–water partition coefficient (Wildman–Crippen LogP) is 2.86. The van der Waals surface area contributed by atoms with Crippen molar-refractivity contribution in [3.8, 4) is 0 Å². The first-order chi connectivity index (χ1) is 8.63. The van der Waals surface area contributed by atoms with Crippen molar-refractivity contribution in [1.82, 2.24) is 5.32 Å². The lowest BCUT2D eigenvalue weighted by Crippen LogP contribution is -2.43. The van der Waals surface area contributed by atoms with Gasteiger partial charge in [0.1, 0.15) is 5.76 Å². The second-order valence-corrected chi connectivity index (χ2v) is 5.43. The molecule has 0 spiro atoms. The van der Waals surface area contributed by atoms with Crippen LogP contribution in [0.4, 0.5) is 0 Å². The highest BCUT2D eigenvalue weighted by atomic mass is 16.5. The normalized spacial score (nSPS) is 33.8. The molecule has 0 bridgehead atoms. The van der Waals surface area contributed by atoms with Crippen LogP contribution in [-0.4, -0.2) is 24.8 Å². The van der Waals surface area contributed by atoms with Crippen LogP contribution in [-0.2, 0) is 11.2 Å². The smallest absolute Gasteiger partial charge is 0.105 e. The van der Waals surface area contributed by atoms with E-state index in [1.165, 1.54) is 0 Å². The Bertz CT molecular complexity index is 349. The summed E-state index contributed by atoms with van der Waals surface area (Å²) >= 11 is 0. The molecule has 5 unspecified atom stereocenters. The van der Waals surface area contributed by atoms with Crippen LogP contribution in [0.2, 0.25) is 0 Å². The van der Waals surface area contributed by atoms with Crippen molar-refractivity contribution in [3.63, 3.8) is 0 Å². The van der Waals surface area contributed by atoms with E-state index in [1.807, 2.05) is 6.07 Å². The van der Waals surface area contributed by atoms with Crippen molar-refractivity contribution in [3.05, 3.63) is 24.2 Å². The van der Waals surface area contributed by atoms with Gasteiger partial charge in [-0.05, 0) is 38.4 Å². The maximum absolute atomic E-state index is 5.96. The van der Waals surface area contributed by atoms with E-state index in [9.17, 15) is 0 Å². The van der Waals surface area contributed by atoms with Gasteiger partial charge < -0.3 is 14.5 Å². The summed E-state index contributed by atoms with van der Waals surface area (Å²) in [6.07, 6.45) is 3.35. The summed E-state index contributed by atoms with van der Waals surface area (Å²) in [7, 11) is 0. The molecule has 102 valence electrons. The van der Waals surface area contributed by atoms with Gasteiger partial charge in [-0.1, -0.05) is 13.8 Å². The van der Waals surface area contributed by atoms with Gasteiger partial charge in [-0.2, -0.15) is 0 Å². The molecule has 5 atom stereocenters. The molecule has 0 radical (unpaired) electrons. The van der Waals surface area contributed by atoms with Gasteiger partial charge >= 0.3 is 0 Å². The van der Waals surface area contributed by atoms with Crippen LogP contribution < -0.4 is 5.32 Å². The van der Waals surface area contributed by atoms with Crippen molar-refractivity contribution in [2.75, 3.05) is 6.54 Å². The summed E-state index contributed by atoms with van der Waals surface area (Å²) in [5, 5.41) is 3.60. The number of rotatable bonds is 5. The molecule has 18 heavy (non-hydrogen) atoms. The number of furan rings is 1. The first-order valence-corrected chi connectivity index (χ1v) is 7.04. The predicted molar refractivity (Wildman–Crippen MR) is 72.5 cm³/mol. The third-order valence-corrected chi connectivity index (χ3v) is 4.25. The average molecular weight is 251 g/mol. The Labute approximate surface area is 110 Å². The van der Waals surface area contributed by atoms with E-state index in [0.717, 1.165) is 18.7 Å². The minimum Gasteiger partial charge on any atom is -0.469 e. The van der Waals surface area contributed by atoms with Crippen molar-refractivity contribution in [2.45, 2.75) is 52.4 Å². The minimum absolute atomic E-state index is 0.314. The minimum atomic E-state index is 0.314. The lowest BCUT2D eigenvalue weighted by Gasteiger charge is -2.29. The fraction of sp³-hybridized carbons (Fsp3) is 0.733. The fourth-order valence-electron chi connectivity index (χ4n) is 3.24. The number of hydrogen-bond donors (Lipinski definition) is 1. The highest BCUT2D eigenvalue weighted by molar-refractivity contribution is 5.03. The molecule has 2 rings (SSSR count). The van der Waals surface area contributed by atoms with Crippen molar-refractivity contribution in [1.29, 1.82) is 0 Å². The van der Waals surface area contributed by atoms with Gasteiger partial charge in [0, 0.05) is 18.4 Å². The Morgan fingerprint density at radius 2 is 2.06 bits per heavy atom. The number of nitrogens with one attached hydrogen (secondary N) is 1. The van der Waals surface area contributed by atoms with Crippen LogP contribution in [0.15, 0.2) is 22.8 Å². The molecule has 1 N–H and O–H groups in total. The van der Waals surface area contributed by atoms with E-state index in [1.54, 1.807) is 6.26 Å². The Hall–Kier alpha value is -0.800. The zero-order chi connectivity index (χ0) is 13.1. The van der Waals surface area contributed by atoms with Gasteiger partial charge in [0.05, 0.1) is 18.5 Å². The molecule has 1 aliphatic heterocycles. The Morgan fingerprint density at radius 1 is 1.28 bits per heavy atom. The molecule has 1 fully saturated rings. The summed E-state index contributed by atoms with van der Waals surface area (Å²) in [6.45, 7) is 9.80. The van der Waals surface area contributed by atoms with Gasteiger partial charge in [-0.25, -0.2) is 0 Å². The zero-order valence-electron chi connectivity index (χ0n) is 11.8. The quantitative estimate of drug-likeness (QED) is 0.874. The lowest BCUT2D eigenvalue weighted by atomic mass is 9.81. The molecule has 1 aliphatic rings. The summed E-state index contributed by atoms with van der Waals surface area (Å²) in [4.78, 5) is 0. The third-order valence-electron chi connectivity index (χ3n) is 4.25. The van der Waals surface area contributed by atoms with Crippen molar-refractivity contribution >= 4 is 0 Å². The van der Waals surface area contributed by atoms with E-state index in [-0.39, 0.29) is 0 Å². The molecule has 1 aromatic heterocycles. The van der Waals surface area contributed by atoms with Gasteiger partial charge in [-0.3, -0.25) is 0 Å². The number of ether oxygens (including phenoxy) is 1. The van der Waals surface area contributed by atoms with E-state index in [0.29, 0.717) is 30.1 Å². The highest BCUT2D eigenvalue weighted by Crippen LogP contribution is 2.35. The van der Waals surface area contributed by atoms with Crippen LogP contribution in [0.25, 0.3) is 0 Å². The second kappa shape index (κ2) is 5.89. The van der Waals surface area contributed by atoms with Crippen LogP contribution in [0.5, 0.6) is 0 Å². The summed E-state index contributed by atoms with van der Waals surface area (Å²) < 4.78 is 11.4. The van der Waals surface area contributed by atoms with E-state index in [2.05, 4.69) is 39.1 Å². The number of hydrogen-bond acceptors (Lipinski definition) is 3. The number of likely N-dealkylation sites (N-methyl/N-ethyl adjacent to an activating group) is 1. The third kappa shape index (κ3) is 2.78. The Balaban J connectivity index is 2.09. The van der Waals surface area contributed by atoms with Crippen molar-refractivity contribution < 1.29 is 9.15 Å². The van der Waals surface area contributed by atoms with E-state index < -0.39 is 0 Å². The highest BCUT2D eigenvalue weighted by Gasteiger charge is 2.41. The van der Waals surface area contributed by atoms with Crippen LogP contribution in [0.3, 0.4) is 0 Å². The monoisotopic (exact) mass is 251 g/mol. The molecule has 0 aromatic carbocycles. The maximum Gasteiger partial charge on any atom is 0.105 e. The van der Waals surface area contributed by atoms with Crippen LogP contribution in [0.1, 0.15) is 33.5 Å². The van der Waals surface area contributed by atoms with Crippen LogP contribution in [0, 0.1) is 11.8 Å². The molecule has 0 aliphatic carbocycles. The van der Waals surface area contributed by atoms with Crippen LogP contribution >= 0.6 is 0 Å². The SMILES string of the molecule is CCNC(Cc1ccco1)C1C(C)OC(C)C1C. The molecular weight excluding hydrogens is 226 g/mol. The summed E-state index contributed by atoms with van der Waals surface area (Å²) in [5.41, 5.74) is 0. The standard InChI is InChI=1S/C15H25NO2/c1-5-16-14(9-13-7-6-8-17-13)15-10(2)11(3)18-12(15)4/h6-8,10-12,14-16H,5,9H2,1-4H3. The topological polar surface area (TPSA) is 34.4 Å². The second-order valence-electron chi connectivity index (χ2n) is 5.43. The lowest BCUT2D eigenvalue weighted by molar-refractivity contribution is 0.0474. The molecule has 2 heterocycles. The molecular formula is C15H25NO2. The average Bonchev–Trinajstić information content (AvgIpc) is 2.89. The van der Waals surface area contributed by atoms with Gasteiger partial charge in [0.15, 0.2) is 0 Å². The maximum atomic E-state index is 5.96. The molecule has 1 saturated heterocycles. The fourth-order valence-corrected chi connectivity index (χ4v) is 3.24. The van der Waals surface area contributed by atoms with E-state index >= 15 is 0 Å². The molecule has 3 nitrogen and oxygen atoms in total. The van der Waals surface area contributed by atoms with Gasteiger partial charge in [0.25, 0.3) is 0 Å². The first-order valence-electron chi connectivity index (χ1n) is 7.04. The molecule has 3 heteroatoms. The Morgan fingerprint density at radius 3 is 2.56 bits per heavy atom. The summed E-state index contributed by atoms with van der Waals surface area (Å²) in [6, 6.07) is 4.44. The molecule has 0 amide bonds. The zero-order valence-corrected chi connectivity index (χ0v) is 11.8. The van der Waals surface area contributed by atoms with Gasteiger partial charge in [0.2, 0.25) is 0 Å². The first kappa shape index (κ1) is 13.6. The Kier molecular flexibility index (Phi) is 4.46. The van der Waals surface area contributed by atoms with Crippen molar-refractivity contribution in [2.24, 2.45) is 11.8 Å². The summed E-state index contributed by atoms with van der Waals surface area (Å²) in [5.74, 6) is 2.18. The largest absolute Gasteiger partial charge is 0.469 e. The van der Waals surface area contributed by atoms with Gasteiger partial charge in [-0.15, -0.1) is 0 Å². The molecule has 1 aromatic rings. The van der Waals surface area contributed by atoms with E-state index in [4.69, 9.17) is 9.15 Å².